The van der Waals surface area contributed by atoms with Gasteiger partial charge in [-0.1, -0.05) is 0 Å². The number of hydrogen-bond donors (Lipinski definition) is 2. The molecule has 2 aliphatic carbocycles. The van der Waals surface area contributed by atoms with Gasteiger partial charge in [0.2, 0.25) is 0 Å². The van der Waals surface area contributed by atoms with Crippen LogP contribution in [0.25, 0.3) is 0 Å². The molecule has 1 saturated carbocycles. The maximum absolute atomic E-state index is 9.18. The molecular formula is C15H24N2OS. The summed E-state index contributed by atoms with van der Waals surface area (Å²) in [5, 5.41) is 14.2. The Morgan fingerprint density at radius 3 is 2.79 bits per heavy atom. The van der Waals surface area contributed by atoms with E-state index in [1.165, 1.54) is 47.7 Å². The number of fused-ring (bicyclic) bond motifs is 1. The van der Waals surface area contributed by atoms with Crippen LogP contribution in [0.2, 0.25) is 0 Å². The first-order chi connectivity index (χ1) is 9.26. The molecule has 0 saturated heterocycles. The molecule has 4 heteroatoms. The minimum Gasteiger partial charge on any atom is -0.396 e. The van der Waals surface area contributed by atoms with Gasteiger partial charge in [0.25, 0.3) is 0 Å². The van der Waals surface area contributed by atoms with Crippen molar-refractivity contribution < 1.29 is 5.11 Å². The van der Waals surface area contributed by atoms with Gasteiger partial charge in [-0.3, -0.25) is 0 Å². The molecule has 2 aliphatic rings. The number of nitrogens with zero attached hydrogens (tertiary/aromatic N) is 1. The summed E-state index contributed by atoms with van der Waals surface area (Å²) in [6.07, 6.45) is 8.43. The molecule has 3 nitrogen and oxygen atoms in total. The number of aliphatic hydroxyl groups excluding tert-OH is 1. The van der Waals surface area contributed by atoms with E-state index >= 15 is 0 Å². The lowest BCUT2D eigenvalue weighted by molar-refractivity contribution is 0.172. The van der Waals surface area contributed by atoms with E-state index in [-0.39, 0.29) is 0 Å². The quantitative estimate of drug-likeness (QED) is 0.891. The lowest BCUT2D eigenvalue weighted by atomic mass is 9.86. The van der Waals surface area contributed by atoms with Crippen LogP contribution in [0.4, 0.5) is 0 Å². The molecule has 19 heavy (non-hydrogen) atoms. The second-order valence-corrected chi connectivity index (χ2v) is 7.18. The first-order valence-electron chi connectivity index (χ1n) is 7.61. The number of thiazole rings is 1. The molecule has 1 fully saturated rings. The minimum atomic E-state index is 0.363. The Hall–Kier alpha value is -0.450. The first kappa shape index (κ1) is 13.5. The van der Waals surface area contributed by atoms with E-state index < -0.39 is 0 Å². The molecule has 2 N–H and O–H groups in total. The number of aryl methyl sites for hydroxylation is 2. The molecule has 1 aromatic heterocycles. The summed E-state index contributed by atoms with van der Waals surface area (Å²) >= 11 is 1.91. The molecule has 1 atom stereocenters. The van der Waals surface area contributed by atoms with Crippen LogP contribution >= 0.6 is 11.3 Å². The van der Waals surface area contributed by atoms with Gasteiger partial charge in [0, 0.05) is 17.5 Å². The zero-order valence-electron chi connectivity index (χ0n) is 11.7. The lowest BCUT2D eigenvalue weighted by Crippen LogP contribution is -2.35. The maximum atomic E-state index is 9.18. The van der Waals surface area contributed by atoms with E-state index in [0.717, 1.165) is 12.8 Å². The van der Waals surface area contributed by atoms with Gasteiger partial charge < -0.3 is 10.4 Å². The van der Waals surface area contributed by atoms with E-state index in [0.29, 0.717) is 24.6 Å². The Kier molecular flexibility index (Phi) is 4.20. The molecule has 0 aromatic carbocycles. The summed E-state index contributed by atoms with van der Waals surface area (Å²) in [6.45, 7) is 2.60. The highest BCUT2D eigenvalue weighted by Gasteiger charge is 2.24. The Morgan fingerprint density at radius 2 is 2.11 bits per heavy atom. The minimum absolute atomic E-state index is 0.363. The van der Waals surface area contributed by atoms with Gasteiger partial charge in [-0.15, -0.1) is 11.3 Å². The summed E-state index contributed by atoms with van der Waals surface area (Å²) in [5.74, 6) is 0.539. The molecular weight excluding hydrogens is 256 g/mol. The third-order valence-corrected chi connectivity index (χ3v) is 5.91. The van der Waals surface area contributed by atoms with Crippen molar-refractivity contribution in [3.05, 3.63) is 15.6 Å². The van der Waals surface area contributed by atoms with Crippen LogP contribution in [0.1, 0.15) is 60.6 Å². The highest BCUT2D eigenvalue weighted by molar-refractivity contribution is 7.11. The van der Waals surface area contributed by atoms with Crippen molar-refractivity contribution in [1.82, 2.24) is 10.3 Å². The SMILES string of the molecule is CC(NC1CCC(CO)CC1)c1nc2c(s1)CCC2. The summed E-state index contributed by atoms with van der Waals surface area (Å²) in [5.41, 5.74) is 1.36. The third kappa shape index (κ3) is 3.01. The van der Waals surface area contributed by atoms with Crippen LogP contribution in [0.3, 0.4) is 0 Å². The molecule has 1 aromatic rings. The molecule has 1 unspecified atom stereocenters. The van der Waals surface area contributed by atoms with E-state index in [1.807, 2.05) is 11.3 Å². The fraction of sp³-hybridized carbons (Fsp3) is 0.800. The second-order valence-electron chi connectivity index (χ2n) is 6.06. The zero-order chi connectivity index (χ0) is 13.2. The van der Waals surface area contributed by atoms with E-state index in [9.17, 15) is 5.11 Å². The molecule has 0 spiro atoms. The fourth-order valence-electron chi connectivity index (χ4n) is 3.33. The van der Waals surface area contributed by atoms with Crippen molar-refractivity contribution >= 4 is 11.3 Å². The van der Waals surface area contributed by atoms with E-state index in [2.05, 4.69) is 12.2 Å². The molecule has 1 heterocycles. The Morgan fingerprint density at radius 1 is 1.32 bits per heavy atom. The van der Waals surface area contributed by atoms with Crippen LogP contribution in [0.5, 0.6) is 0 Å². The standard InChI is InChI=1S/C15H24N2OS/c1-10(15-17-13-3-2-4-14(13)19-15)16-12-7-5-11(9-18)6-8-12/h10-12,16,18H,2-9H2,1H3. The van der Waals surface area contributed by atoms with Gasteiger partial charge in [-0.25, -0.2) is 4.98 Å². The molecule has 3 rings (SSSR count). The number of aliphatic hydroxyl groups is 1. The predicted octanol–water partition coefficient (Wildman–Crippen LogP) is 2.83. The fourth-order valence-corrected chi connectivity index (χ4v) is 4.50. The smallest absolute Gasteiger partial charge is 0.110 e. The van der Waals surface area contributed by atoms with Gasteiger partial charge >= 0.3 is 0 Å². The van der Waals surface area contributed by atoms with E-state index in [4.69, 9.17) is 4.98 Å². The van der Waals surface area contributed by atoms with Gasteiger partial charge in [-0.2, -0.15) is 0 Å². The van der Waals surface area contributed by atoms with Crippen LogP contribution in [-0.2, 0) is 12.8 Å². The van der Waals surface area contributed by atoms with Crippen molar-refractivity contribution in [2.75, 3.05) is 6.61 Å². The highest BCUT2D eigenvalue weighted by atomic mass is 32.1. The van der Waals surface area contributed by atoms with Crippen LogP contribution in [-0.4, -0.2) is 22.7 Å². The number of aromatic nitrogens is 1. The summed E-state index contributed by atoms with van der Waals surface area (Å²) in [7, 11) is 0. The van der Waals surface area contributed by atoms with Crippen molar-refractivity contribution in [3.63, 3.8) is 0 Å². The normalized spacial score (nSPS) is 28.3. The number of hydrogen-bond acceptors (Lipinski definition) is 4. The average molecular weight is 280 g/mol. The monoisotopic (exact) mass is 280 g/mol. The average Bonchev–Trinajstić information content (AvgIpc) is 3.00. The summed E-state index contributed by atoms with van der Waals surface area (Å²) in [6, 6.07) is 0.989. The summed E-state index contributed by atoms with van der Waals surface area (Å²) < 4.78 is 0. The lowest BCUT2D eigenvalue weighted by Gasteiger charge is -2.29. The van der Waals surface area contributed by atoms with Crippen molar-refractivity contribution in [2.24, 2.45) is 5.92 Å². The Labute approximate surface area is 119 Å². The third-order valence-electron chi connectivity index (χ3n) is 4.57. The van der Waals surface area contributed by atoms with E-state index in [1.54, 1.807) is 0 Å². The topological polar surface area (TPSA) is 45.1 Å². The van der Waals surface area contributed by atoms with Crippen molar-refractivity contribution in [3.8, 4) is 0 Å². The number of nitrogens with one attached hydrogen (secondary N) is 1. The first-order valence-corrected chi connectivity index (χ1v) is 8.43. The molecule has 106 valence electrons. The Bertz CT molecular complexity index is 402. The predicted molar refractivity (Wildman–Crippen MR) is 78.5 cm³/mol. The van der Waals surface area contributed by atoms with Crippen LogP contribution < -0.4 is 5.32 Å². The van der Waals surface area contributed by atoms with Crippen LogP contribution in [0, 0.1) is 5.92 Å². The highest BCUT2D eigenvalue weighted by Crippen LogP contribution is 2.32. The van der Waals surface area contributed by atoms with Crippen LogP contribution in [0.15, 0.2) is 0 Å². The Balaban J connectivity index is 1.54. The van der Waals surface area contributed by atoms with Gasteiger partial charge in [0.15, 0.2) is 0 Å². The molecule has 0 aliphatic heterocycles. The molecule has 0 bridgehead atoms. The van der Waals surface area contributed by atoms with Gasteiger partial charge in [-0.05, 0) is 57.8 Å². The summed E-state index contributed by atoms with van der Waals surface area (Å²) in [4.78, 5) is 6.32. The van der Waals surface area contributed by atoms with Gasteiger partial charge in [0.1, 0.15) is 5.01 Å². The maximum Gasteiger partial charge on any atom is 0.110 e. The second kappa shape index (κ2) is 5.90. The largest absolute Gasteiger partial charge is 0.396 e. The van der Waals surface area contributed by atoms with Crippen molar-refractivity contribution in [2.45, 2.75) is 64.0 Å². The molecule has 0 radical (unpaired) electrons. The molecule has 0 amide bonds. The van der Waals surface area contributed by atoms with Crippen molar-refractivity contribution in [1.29, 1.82) is 0 Å². The zero-order valence-corrected chi connectivity index (χ0v) is 12.5. The van der Waals surface area contributed by atoms with Gasteiger partial charge in [0.05, 0.1) is 11.7 Å². The number of rotatable bonds is 4.